The quantitative estimate of drug-likeness (QED) is 0.657. The molecule has 1 saturated carbocycles. The van der Waals surface area contributed by atoms with Crippen LogP contribution in [-0.4, -0.2) is 22.7 Å². The van der Waals surface area contributed by atoms with Crippen LogP contribution in [0.2, 0.25) is 0 Å². The van der Waals surface area contributed by atoms with E-state index in [0.29, 0.717) is 11.7 Å². The van der Waals surface area contributed by atoms with Crippen molar-refractivity contribution in [3.05, 3.63) is 83.5 Å². The van der Waals surface area contributed by atoms with E-state index in [4.69, 9.17) is 9.26 Å². The van der Waals surface area contributed by atoms with Crippen molar-refractivity contribution in [3.63, 3.8) is 0 Å². The van der Waals surface area contributed by atoms with Gasteiger partial charge in [-0.3, -0.25) is 4.79 Å². The van der Waals surface area contributed by atoms with Crippen molar-refractivity contribution in [3.8, 4) is 0 Å². The third kappa shape index (κ3) is 4.38. The van der Waals surface area contributed by atoms with Crippen molar-refractivity contribution in [1.29, 1.82) is 0 Å². The number of amides is 1. The number of aryl methyl sites for hydroxylation is 1. The van der Waals surface area contributed by atoms with Gasteiger partial charge in [-0.15, -0.1) is 0 Å². The summed E-state index contributed by atoms with van der Waals surface area (Å²) >= 11 is 0. The lowest BCUT2D eigenvalue weighted by atomic mass is 9.96. The van der Waals surface area contributed by atoms with Gasteiger partial charge in [0.05, 0.1) is 0 Å². The Morgan fingerprint density at radius 1 is 1.07 bits per heavy atom. The molecule has 1 amide bonds. The van der Waals surface area contributed by atoms with Crippen LogP contribution in [0, 0.1) is 6.92 Å². The smallest absolute Gasteiger partial charge is 0.246 e. The Morgan fingerprint density at radius 2 is 1.66 bits per heavy atom. The highest BCUT2D eigenvalue weighted by molar-refractivity contribution is 5.78. The van der Waals surface area contributed by atoms with Gasteiger partial charge in [0.25, 0.3) is 0 Å². The van der Waals surface area contributed by atoms with E-state index in [-0.39, 0.29) is 18.6 Å². The molecule has 0 radical (unpaired) electrons. The normalized spacial score (nSPS) is 15.5. The number of carbonyl (C=O) groups excluding carboxylic acids is 1. The Labute approximate surface area is 170 Å². The Hall–Kier alpha value is -2.99. The van der Waals surface area contributed by atoms with Crippen LogP contribution >= 0.6 is 0 Å². The summed E-state index contributed by atoms with van der Waals surface area (Å²) < 4.78 is 11.2. The number of hydrogen-bond donors (Lipinski definition) is 1. The second-order valence-electron chi connectivity index (χ2n) is 7.49. The average Bonchev–Trinajstić information content (AvgIpc) is 3.40. The number of carbonyl (C=O) groups is 1. The zero-order chi connectivity index (χ0) is 20.1. The van der Waals surface area contributed by atoms with Crippen molar-refractivity contribution in [1.82, 2.24) is 15.5 Å². The minimum absolute atomic E-state index is 0.0486. The molecule has 0 spiro atoms. The Bertz CT molecular complexity index is 895. The van der Waals surface area contributed by atoms with Gasteiger partial charge in [-0.1, -0.05) is 78.7 Å². The maximum Gasteiger partial charge on any atom is 0.246 e. The van der Waals surface area contributed by atoms with Crippen LogP contribution in [0.5, 0.6) is 0 Å². The molecule has 3 aromatic rings. The molecular weight excluding hydrogens is 366 g/mol. The van der Waals surface area contributed by atoms with Gasteiger partial charge in [0.1, 0.15) is 18.2 Å². The molecule has 0 unspecified atom stereocenters. The number of aromatic nitrogens is 2. The lowest BCUT2D eigenvalue weighted by molar-refractivity contribution is -0.129. The monoisotopic (exact) mass is 391 g/mol. The van der Waals surface area contributed by atoms with Crippen molar-refractivity contribution in [2.24, 2.45) is 0 Å². The summed E-state index contributed by atoms with van der Waals surface area (Å²) in [5.74, 6) is 0.889. The van der Waals surface area contributed by atoms with Gasteiger partial charge in [0.15, 0.2) is 5.82 Å². The molecule has 6 heteroatoms. The third-order valence-corrected chi connectivity index (χ3v) is 5.38. The van der Waals surface area contributed by atoms with E-state index in [9.17, 15) is 4.79 Å². The largest absolute Gasteiger partial charge is 0.359 e. The molecule has 6 nitrogen and oxygen atoms in total. The minimum atomic E-state index is -0.562. The van der Waals surface area contributed by atoms with Gasteiger partial charge in [0.2, 0.25) is 11.8 Å². The highest BCUT2D eigenvalue weighted by Crippen LogP contribution is 2.37. The zero-order valence-corrected chi connectivity index (χ0v) is 16.5. The summed E-state index contributed by atoms with van der Waals surface area (Å²) in [7, 11) is 0. The van der Waals surface area contributed by atoms with Crippen LogP contribution in [-0.2, 0) is 15.1 Å². The Balaban J connectivity index is 1.48. The summed E-state index contributed by atoms with van der Waals surface area (Å²) in [6.07, 6.45) is 3.34. The lowest BCUT2D eigenvalue weighted by Gasteiger charge is -2.27. The molecule has 1 aliphatic rings. The first-order valence-corrected chi connectivity index (χ1v) is 10.00. The number of benzene rings is 2. The minimum Gasteiger partial charge on any atom is -0.359 e. The van der Waals surface area contributed by atoms with E-state index in [2.05, 4.69) is 15.5 Å². The second kappa shape index (κ2) is 8.57. The number of hydrogen-bond acceptors (Lipinski definition) is 5. The third-order valence-electron chi connectivity index (χ3n) is 5.38. The fourth-order valence-electron chi connectivity index (χ4n) is 3.98. The summed E-state index contributed by atoms with van der Waals surface area (Å²) in [6, 6.07) is 19.9. The van der Waals surface area contributed by atoms with Crippen LogP contribution in [0.4, 0.5) is 0 Å². The molecular formula is C23H25N3O3. The van der Waals surface area contributed by atoms with Gasteiger partial charge in [-0.25, -0.2) is 0 Å². The molecule has 1 aromatic heterocycles. The van der Waals surface area contributed by atoms with E-state index in [1.54, 1.807) is 6.92 Å². The molecule has 4 rings (SSSR count). The lowest BCUT2D eigenvalue weighted by Crippen LogP contribution is -2.46. The van der Waals surface area contributed by atoms with Gasteiger partial charge in [0, 0.05) is 6.92 Å². The zero-order valence-electron chi connectivity index (χ0n) is 16.5. The van der Waals surface area contributed by atoms with Crippen LogP contribution in [0.25, 0.3) is 0 Å². The van der Waals surface area contributed by atoms with E-state index >= 15 is 0 Å². The summed E-state index contributed by atoms with van der Waals surface area (Å²) in [4.78, 5) is 17.2. The van der Waals surface area contributed by atoms with E-state index in [0.717, 1.165) is 36.8 Å². The topological polar surface area (TPSA) is 77.2 Å². The number of nitrogens with one attached hydrogen (secondary N) is 1. The average molecular weight is 391 g/mol. The molecule has 0 aliphatic heterocycles. The standard InChI is InChI=1S/C23H25N3O3/c1-17-24-22(26-29-17)23(14-8-9-15-23)25-20(27)16-28-21(18-10-4-2-5-11-18)19-12-6-3-7-13-19/h2-7,10-13,21H,8-9,14-16H2,1H3,(H,25,27). The van der Waals surface area contributed by atoms with Crippen molar-refractivity contribution >= 4 is 5.91 Å². The molecule has 1 aliphatic carbocycles. The Kier molecular flexibility index (Phi) is 5.71. The predicted molar refractivity (Wildman–Crippen MR) is 108 cm³/mol. The maximum atomic E-state index is 12.8. The fraction of sp³-hybridized carbons (Fsp3) is 0.348. The van der Waals surface area contributed by atoms with Gasteiger partial charge >= 0.3 is 0 Å². The summed E-state index contributed by atoms with van der Waals surface area (Å²) in [5, 5.41) is 7.20. The van der Waals surface area contributed by atoms with Crippen LogP contribution < -0.4 is 5.32 Å². The van der Waals surface area contributed by atoms with Crippen molar-refractivity contribution in [2.45, 2.75) is 44.2 Å². The first-order chi connectivity index (χ1) is 14.2. The molecule has 1 fully saturated rings. The summed E-state index contributed by atoms with van der Waals surface area (Å²) in [6.45, 7) is 1.71. The van der Waals surface area contributed by atoms with Crippen molar-refractivity contribution < 1.29 is 14.1 Å². The Morgan fingerprint density at radius 3 is 2.17 bits per heavy atom. The highest BCUT2D eigenvalue weighted by Gasteiger charge is 2.41. The SMILES string of the molecule is Cc1nc(C2(NC(=O)COC(c3ccccc3)c3ccccc3)CCCC2)no1. The van der Waals surface area contributed by atoms with Crippen LogP contribution in [0.1, 0.15) is 54.6 Å². The molecule has 0 bridgehead atoms. The van der Waals surface area contributed by atoms with Crippen molar-refractivity contribution in [2.75, 3.05) is 6.61 Å². The maximum absolute atomic E-state index is 12.8. The number of ether oxygens (including phenoxy) is 1. The molecule has 2 aromatic carbocycles. The molecule has 150 valence electrons. The van der Waals surface area contributed by atoms with Crippen LogP contribution in [0.3, 0.4) is 0 Å². The first kappa shape index (κ1) is 19.3. The van der Waals surface area contributed by atoms with Gasteiger partial charge < -0.3 is 14.6 Å². The number of nitrogens with zero attached hydrogens (tertiary/aromatic N) is 2. The first-order valence-electron chi connectivity index (χ1n) is 10.00. The molecule has 29 heavy (non-hydrogen) atoms. The molecule has 1 heterocycles. The molecule has 0 atom stereocenters. The van der Waals surface area contributed by atoms with E-state index in [1.807, 2.05) is 60.7 Å². The van der Waals surface area contributed by atoms with Gasteiger partial charge in [-0.2, -0.15) is 4.98 Å². The summed E-state index contributed by atoms with van der Waals surface area (Å²) in [5.41, 5.74) is 1.46. The predicted octanol–water partition coefficient (Wildman–Crippen LogP) is 4.07. The molecule has 1 N–H and O–H groups in total. The second-order valence-corrected chi connectivity index (χ2v) is 7.49. The van der Waals surface area contributed by atoms with E-state index in [1.165, 1.54) is 0 Å². The highest BCUT2D eigenvalue weighted by atomic mass is 16.5. The van der Waals surface area contributed by atoms with Crippen LogP contribution in [0.15, 0.2) is 65.2 Å². The fourth-order valence-corrected chi connectivity index (χ4v) is 3.98. The molecule has 0 saturated heterocycles. The van der Waals surface area contributed by atoms with E-state index < -0.39 is 5.54 Å². The number of rotatable bonds is 7. The van der Waals surface area contributed by atoms with Gasteiger partial charge in [-0.05, 0) is 24.0 Å².